The number of carbonyl (C=O) groups excluding carboxylic acids is 4. The lowest BCUT2D eigenvalue weighted by Crippen LogP contribution is -2.53. The number of hydrogen-bond donors (Lipinski definition) is 9. The molecule has 4 rings (SSSR count). The van der Waals surface area contributed by atoms with E-state index in [1.54, 1.807) is 32.9 Å². The molecule has 5 unspecified atom stereocenters. The second kappa shape index (κ2) is 41.4. The maximum atomic E-state index is 12.9. The molecule has 17 nitrogen and oxygen atoms in total. The lowest BCUT2D eigenvalue weighted by Gasteiger charge is -2.28. The van der Waals surface area contributed by atoms with Crippen molar-refractivity contribution in [2.24, 2.45) is 39.8 Å². The quantitative estimate of drug-likeness (QED) is 0.0139. The van der Waals surface area contributed by atoms with Gasteiger partial charge in [-0.3, -0.25) is 13.6 Å². The Morgan fingerprint density at radius 3 is 1.11 bits per heavy atom. The Bertz CT molecular complexity index is 2370. The molecule has 4 aromatic carbocycles. The van der Waals surface area contributed by atoms with Crippen LogP contribution in [-0.2, 0) is 50.2 Å². The van der Waals surface area contributed by atoms with E-state index in [9.17, 15) is 49.9 Å². The van der Waals surface area contributed by atoms with Gasteiger partial charge in [0.1, 0.15) is 33.1 Å². The number of carbonyl (C=O) groups is 4. The third-order valence-corrected chi connectivity index (χ3v) is 12.6. The van der Waals surface area contributed by atoms with Crippen LogP contribution >= 0.6 is 0 Å². The first-order valence-electron chi connectivity index (χ1n) is 27.3. The van der Waals surface area contributed by atoms with Crippen LogP contribution in [-0.4, -0.2) is 112 Å². The highest BCUT2D eigenvalue weighted by Crippen LogP contribution is 2.32. The van der Waals surface area contributed by atoms with Gasteiger partial charge in [0.05, 0.1) is 36.4 Å². The molecule has 84 heavy (non-hydrogen) atoms. The molecule has 3 amide bonds. The zero-order chi connectivity index (χ0) is 63.7. The molecule has 5 atom stereocenters. The van der Waals surface area contributed by atoms with E-state index >= 15 is 0 Å². The van der Waals surface area contributed by atoms with E-state index in [0.717, 1.165) is 29.2 Å². The van der Waals surface area contributed by atoms with Crippen LogP contribution in [0.4, 0.5) is 45.1 Å². The van der Waals surface area contributed by atoms with E-state index in [0.29, 0.717) is 25.8 Å². The summed E-state index contributed by atoms with van der Waals surface area (Å²) in [6.45, 7) is 8.90. The van der Waals surface area contributed by atoms with Crippen LogP contribution in [0.1, 0.15) is 109 Å². The number of ether oxygens (including phenoxy) is 4. The Morgan fingerprint density at radius 2 is 0.821 bits per heavy atom. The second-order valence-electron chi connectivity index (χ2n) is 21.6. The van der Waals surface area contributed by atoms with Gasteiger partial charge in [-0.15, -0.1) is 0 Å². The van der Waals surface area contributed by atoms with Crippen molar-refractivity contribution in [1.29, 1.82) is 0 Å². The van der Waals surface area contributed by atoms with Crippen LogP contribution in [0.3, 0.4) is 0 Å². The average Bonchev–Trinajstić information content (AvgIpc) is 3.65. The molecule has 0 saturated carbocycles. The van der Waals surface area contributed by atoms with Crippen LogP contribution in [0.2, 0.25) is 0 Å². The fraction of sp³-hybridized carbons (Fsp3) is 0.533. The third kappa shape index (κ3) is 38.3. The largest absolute Gasteiger partial charge is 0.461 e. The summed E-state index contributed by atoms with van der Waals surface area (Å²) >= 11 is 0. The summed E-state index contributed by atoms with van der Waals surface area (Å²) in [5, 5.41) is 7.48. The van der Waals surface area contributed by atoms with Gasteiger partial charge in [0.2, 0.25) is 12.3 Å². The number of esters is 1. The summed E-state index contributed by atoms with van der Waals surface area (Å²) in [6, 6.07) is 37.0. The predicted molar refractivity (Wildman–Crippen MR) is 314 cm³/mol. The molecular formula is C60H92F7N9O8. The van der Waals surface area contributed by atoms with Crippen LogP contribution in [0, 0.1) is 5.41 Å². The molecule has 0 bridgehead atoms. The molecular weight excluding hydrogens is 1110 g/mol. The number of benzene rings is 4. The number of hydrogen-bond acceptors (Lipinski definition) is 14. The number of nitrogens with two attached hydrogens (primary N) is 6. The first-order chi connectivity index (χ1) is 39.5. The summed E-state index contributed by atoms with van der Waals surface area (Å²) in [7, 11) is 0. The summed E-state index contributed by atoms with van der Waals surface area (Å²) in [4.78, 5) is 46.5. The van der Waals surface area contributed by atoms with E-state index in [4.69, 9.17) is 53.3 Å². The lowest BCUT2D eigenvalue weighted by molar-refractivity contribution is -0.147. The molecule has 0 aliphatic rings. The van der Waals surface area contributed by atoms with Crippen molar-refractivity contribution in [2.75, 3.05) is 52.7 Å². The smallest absolute Gasteiger partial charge is 0.408 e. The van der Waals surface area contributed by atoms with Gasteiger partial charge in [0.15, 0.2) is 0 Å². The Balaban J connectivity index is 0.00000105. The highest BCUT2D eigenvalue weighted by Gasteiger charge is 2.33. The van der Waals surface area contributed by atoms with E-state index in [2.05, 4.69) is 16.0 Å². The maximum absolute atomic E-state index is 12.9. The van der Waals surface area contributed by atoms with Gasteiger partial charge in [-0.05, 0) is 94.5 Å². The maximum Gasteiger partial charge on any atom is 0.408 e. The highest BCUT2D eigenvalue weighted by atomic mass is 19.3. The monoisotopic (exact) mass is 1200 g/mol. The second-order valence-corrected chi connectivity index (χ2v) is 21.6. The predicted octanol–water partition coefficient (Wildman–Crippen LogP) is 9.81. The van der Waals surface area contributed by atoms with Gasteiger partial charge < -0.3 is 69.3 Å². The molecule has 24 heteroatoms. The zero-order valence-electron chi connectivity index (χ0n) is 49.4. The Hall–Kier alpha value is -6.57. The normalized spacial score (nSPS) is 14.4. The number of nitrogens with one attached hydrogen (secondary N) is 3. The highest BCUT2D eigenvalue weighted by molar-refractivity contribution is 5.70. The molecule has 0 spiro atoms. The number of alkyl carbamates (subject to hydrolysis) is 3. The molecule has 474 valence electrons. The standard InChI is InChI=1S/C16H23F2NO2.C14H21FN2O2.C13H18F2N2O2.C12H17FN2O2.C5H13FN2/c1-15(12-19,8-9-16(2,17)18)10-14(20)21-11-13-6-4-3-5-7-13;1-14(11-16,8-5-9-15)17-13(18)19-10-12-6-3-2-4-7-12;1-13(9-16,7-11(14)15)17-12(18)19-8-10-5-3-2-4-6-10;1-12(8-13,9-14)15-11(16)17-7-10-5-3-2-4-6-10;1-5(8,4-7)2-3-6/h3-7H,8-12,19H2,1-2H3;2-4,6-7H,5,8-11,16H2,1H3,(H,17,18);2-6,11H,7-9,16H2,1H3,(H,17,18);2-6H,7-9,14H2,1H3,(H,15,16);2-4,7-8H2,1H3. The van der Waals surface area contributed by atoms with Gasteiger partial charge in [-0.2, -0.15) is 0 Å². The van der Waals surface area contributed by atoms with Crippen LogP contribution in [0.25, 0.3) is 0 Å². The van der Waals surface area contributed by atoms with Crippen molar-refractivity contribution in [3.63, 3.8) is 0 Å². The van der Waals surface area contributed by atoms with Gasteiger partial charge in [0.25, 0.3) is 0 Å². The Morgan fingerprint density at radius 1 is 0.464 bits per heavy atom. The fourth-order valence-electron chi connectivity index (χ4n) is 6.59. The molecule has 0 heterocycles. The van der Waals surface area contributed by atoms with Crippen molar-refractivity contribution >= 4 is 24.2 Å². The minimum Gasteiger partial charge on any atom is -0.461 e. The molecule has 0 fully saturated rings. The van der Waals surface area contributed by atoms with Crippen LogP contribution in [0.5, 0.6) is 0 Å². The first-order valence-corrected chi connectivity index (χ1v) is 27.3. The third-order valence-electron chi connectivity index (χ3n) is 12.6. The Kier molecular flexibility index (Phi) is 38.2. The van der Waals surface area contributed by atoms with Crippen molar-refractivity contribution in [1.82, 2.24) is 16.0 Å². The zero-order valence-corrected chi connectivity index (χ0v) is 49.4. The summed E-state index contributed by atoms with van der Waals surface area (Å²) in [6.07, 6.45) is -3.84. The minimum absolute atomic E-state index is 0.0178. The SMILES string of the molecule is CC(CN)(CC(F)F)NC(=O)OCc1ccccc1.CC(CN)(CCCF)NC(=O)OCc1ccccc1.CC(CN)(CF)NC(=O)OCc1ccccc1.CC(F)(F)CCC(C)(CN)CC(=O)OCc1ccccc1.CC(N)(CN)CCF. The first kappa shape index (κ1) is 77.4. The average molecular weight is 1200 g/mol. The molecule has 4 aromatic rings. The summed E-state index contributed by atoms with van der Waals surface area (Å²) in [5.74, 6) is -3.16. The van der Waals surface area contributed by atoms with E-state index in [1.807, 2.05) is 109 Å². The van der Waals surface area contributed by atoms with Crippen molar-refractivity contribution in [3.8, 4) is 0 Å². The van der Waals surface area contributed by atoms with Crippen molar-refractivity contribution < 1.29 is 68.9 Å². The number of amides is 3. The van der Waals surface area contributed by atoms with Gasteiger partial charge in [0, 0.05) is 44.6 Å². The number of alkyl halides is 7. The van der Waals surface area contributed by atoms with E-state index in [1.165, 1.54) is 13.8 Å². The fourth-order valence-corrected chi connectivity index (χ4v) is 6.59. The molecule has 0 saturated heterocycles. The molecule has 0 radical (unpaired) electrons. The number of halogens is 7. The van der Waals surface area contributed by atoms with Crippen LogP contribution in [0.15, 0.2) is 121 Å². The summed E-state index contributed by atoms with van der Waals surface area (Å²) < 4.78 is 107. The van der Waals surface area contributed by atoms with Crippen LogP contribution < -0.4 is 50.4 Å². The van der Waals surface area contributed by atoms with Gasteiger partial charge in [-0.25, -0.2) is 36.3 Å². The molecule has 0 aliphatic carbocycles. The molecule has 0 aliphatic heterocycles. The lowest BCUT2D eigenvalue weighted by atomic mass is 9.81. The molecule has 15 N–H and O–H groups in total. The minimum atomic E-state index is -2.75. The Labute approximate surface area is 491 Å². The van der Waals surface area contributed by atoms with Gasteiger partial charge in [-0.1, -0.05) is 128 Å². The number of rotatable bonds is 29. The molecule has 0 aromatic heterocycles. The van der Waals surface area contributed by atoms with E-state index < -0.39 is 83.9 Å². The van der Waals surface area contributed by atoms with Crippen molar-refractivity contribution in [2.45, 2.75) is 147 Å². The summed E-state index contributed by atoms with van der Waals surface area (Å²) in [5.41, 5.74) is 32.2. The van der Waals surface area contributed by atoms with Gasteiger partial charge >= 0.3 is 24.2 Å². The van der Waals surface area contributed by atoms with E-state index in [-0.39, 0.29) is 78.5 Å². The topological polar surface area (TPSA) is 297 Å². The van der Waals surface area contributed by atoms with Crippen molar-refractivity contribution in [3.05, 3.63) is 144 Å².